The maximum Gasteiger partial charge on any atom is 0.354 e. The highest BCUT2D eigenvalue weighted by atomic mass is 16.5. The average molecular weight is 235 g/mol. The molecular weight excluding hydrogens is 222 g/mol. The van der Waals surface area contributed by atoms with E-state index in [0.29, 0.717) is 5.56 Å². The van der Waals surface area contributed by atoms with Crippen molar-refractivity contribution in [2.24, 2.45) is 5.10 Å². The molecule has 17 heavy (non-hydrogen) atoms. The number of ether oxygens (including phenoxy) is 1. The van der Waals surface area contributed by atoms with Crippen LogP contribution in [-0.2, 0) is 9.53 Å². The third kappa shape index (κ3) is 4.02. The van der Waals surface area contributed by atoms with Crippen molar-refractivity contribution in [3.8, 4) is 0 Å². The first-order chi connectivity index (χ1) is 8.15. The number of nitrogens with one attached hydrogen (secondary N) is 1. The molecule has 1 amide bonds. The van der Waals surface area contributed by atoms with Gasteiger partial charge in [0.2, 0.25) is 0 Å². The SMILES string of the molecule is CCOC(=O)/C(C)=N\NC(=O)c1ccncc1. The molecule has 0 aromatic carbocycles. The highest BCUT2D eigenvalue weighted by Gasteiger charge is 2.08. The molecule has 0 saturated carbocycles. The number of hydrogen-bond acceptors (Lipinski definition) is 5. The molecule has 1 aromatic rings. The molecule has 6 nitrogen and oxygen atoms in total. The number of nitrogens with zero attached hydrogens (tertiary/aromatic N) is 2. The number of amides is 1. The molecule has 0 aliphatic rings. The van der Waals surface area contributed by atoms with Crippen molar-refractivity contribution in [1.82, 2.24) is 10.4 Å². The highest BCUT2D eigenvalue weighted by molar-refractivity contribution is 6.35. The highest BCUT2D eigenvalue weighted by Crippen LogP contribution is 1.95. The zero-order valence-corrected chi connectivity index (χ0v) is 9.64. The van der Waals surface area contributed by atoms with Crippen molar-refractivity contribution in [1.29, 1.82) is 0 Å². The number of pyridine rings is 1. The quantitative estimate of drug-likeness (QED) is 0.474. The first-order valence-corrected chi connectivity index (χ1v) is 5.07. The lowest BCUT2D eigenvalue weighted by Crippen LogP contribution is -2.23. The second kappa shape index (κ2) is 6.37. The molecule has 0 radical (unpaired) electrons. The van der Waals surface area contributed by atoms with E-state index in [9.17, 15) is 9.59 Å². The van der Waals surface area contributed by atoms with E-state index in [4.69, 9.17) is 4.74 Å². The van der Waals surface area contributed by atoms with Gasteiger partial charge >= 0.3 is 5.97 Å². The third-order valence-electron chi connectivity index (χ3n) is 1.84. The normalized spacial score (nSPS) is 10.8. The number of rotatable bonds is 4. The maximum atomic E-state index is 11.5. The van der Waals surface area contributed by atoms with Gasteiger partial charge in [0.25, 0.3) is 5.91 Å². The Labute approximate surface area is 98.7 Å². The van der Waals surface area contributed by atoms with Crippen LogP contribution in [0.1, 0.15) is 24.2 Å². The molecule has 0 saturated heterocycles. The van der Waals surface area contributed by atoms with Gasteiger partial charge in [-0.2, -0.15) is 5.10 Å². The summed E-state index contributed by atoms with van der Waals surface area (Å²) in [5.41, 5.74) is 2.77. The Bertz CT molecular complexity index is 429. The number of hydrogen-bond donors (Lipinski definition) is 1. The number of carbonyl (C=O) groups is 2. The second-order valence-electron chi connectivity index (χ2n) is 3.09. The predicted molar refractivity (Wildman–Crippen MR) is 61.4 cm³/mol. The van der Waals surface area contributed by atoms with Crippen LogP contribution in [-0.4, -0.2) is 29.2 Å². The maximum absolute atomic E-state index is 11.5. The summed E-state index contributed by atoms with van der Waals surface area (Å²) in [6.45, 7) is 3.43. The molecule has 1 rings (SSSR count). The summed E-state index contributed by atoms with van der Waals surface area (Å²) in [6, 6.07) is 3.09. The molecule has 0 bridgehead atoms. The molecule has 1 heterocycles. The lowest BCUT2D eigenvalue weighted by molar-refractivity contribution is -0.135. The topological polar surface area (TPSA) is 80.6 Å². The predicted octanol–water partition coefficient (Wildman–Crippen LogP) is 0.750. The van der Waals surface area contributed by atoms with Gasteiger partial charge in [0.05, 0.1) is 6.61 Å². The summed E-state index contributed by atoms with van der Waals surface area (Å²) in [4.78, 5) is 26.5. The molecule has 1 aromatic heterocycles. The Kier molecular flexibility index (Phi) is 4.80. The van der Waals surface area contributed by atoms with Crippen molar-refractivity contribution in [3.63, 3.8) is 0 Å². The molecule has 0 atom stereocenters. The first kappa shape index (κ1) is 12.8. The number of hydrazone groups is 1. The van der Waals surface area contributed by atoms with Crippen molar-refractivity contribution in [2.75, 3.05) is 6.61 Å². The van der Waals surface area contributed by atoms with Gasteiger partial charge in [-0.05, 0) is 26.0 Å². The lowest BCUT2D eigenvalue weighted by atomic mass is 10.3. The minimum atomic E-state index is -0.553. The Morgan fingerprint density at radius 2 is 2.06 bits per heavy atom. The zero-order valence-electron chi connectivity index (χ0n) is 9.64. The van der Waals surface area contributed by atoms with E-state index in [1.165, 1.54) is 19.3 Å². The van der Waals surface area contributed by atoms with Gasteiger partial charge in [-0.25, -0.2) is 10.2 Å². The van der Waals surface area contributed by atoms with Gasteiger partial charge in [-0.15, -0.1) is 0 Å². The summed E-state index contributed by atoms with van der Waals surface area (Å²) in [6.07, 6.45) is 2.99. The standard InChI is InChI=1S/C11H13N3O3/c1-3-17-11(16)8(2)13-14-10(15)9-4-6-12-7-5-9/h4-7H,3H2,1-2H3,(H,14,15)/b13-8-. The van der Waals surface area contributed by atoms with E-state index in [0.717, 1.165) is 0 Å². The van der Waals surface area contributed by atoms with Crippen LogP contribution < -0.4 is 5.43 Å². The van der Waals surface area contributed by atoms with Crippen molar-refractivity contribution >= 4 is 17.6 Å². The van der Waals surface area contributed by atoms with Gasteiger partial charge in [0, 0.05) is 18.0 Å². The largest absolute Gasteiger partial charge is 0.461 e. The summed E-state index contributed by atoms with van der Waals surface area (Å²) < 4.78 is 4.71. The van der Waals surface area contributed by atoms with Gasteiger partial charge in [-0.1, -0.05) is 0 Å². The van der Waals surface area contributed by atoms with Gasteiger partial charge in [0.15, 0.2) is 0 Å². The fraction of sp³-hybridized carbons (Fsp3) is 0.273. The van der Waals surface area contributed by atoms with E-state index in [-0.39, 0.29) is 12.3 Å². The van der Waals surface area contributed by atoms with Crippen LogP contribution in [0.25, 0.3) is 0 Å². The van der Waals surface area contributed by atoms with Crippen LogP contribution in [0.5, 0.6) is 0 Å². The van der Waals surface area contributed by atoms with Crippen molar-refractivity contribution < 1.29 is 14.3 Å². The Balaban J connectivity index is 2.59. The molecule has 0 fully saturated rings. The van der Waals surface area contributed by atoms with Crippen molar-refractivity contribution in [2.45, 2.75) is 13.8 Å². The van der Waals surface area contributed by atoms with E-state index >= 15 is 0 Å². The van der Waals surface area contributed by atoms with Crippen LogP contribution in [0, 0.1) is 0 Å². The Hall–Kier alpha value is -2.24. The van der Waals surface area contributed by atoms with Crippen LogP contribution in [0.4, 0.5) is 0 Å². The van der Waals surface area contributed by atoms with Crippen molar-refractivity contribution in [3.05, 3.63) is 30.1 Å². The average Bonchev–Trinajstić information content (AvgIpc) is 2.36. The van der Waals surface area contributed by atoms with Crippen LogP contribution in [0.2, 0.25) is 0 Å². The third-order valence-corrected chi connectivity index (χ3v) is 1.84. The summed E-state index contributed by atoms with van der Waals surface area (Å²) in [5.74, 6) is -0.960. The van der Waals surface area contributed by atoms with Crippen LogP contribution in [0.3, 0.4) is 0 Å². The molecule has 0 spiro atoms. The van der Waals surface area contributed by atoms with Crippen LogP contribution in [0.15, 0.2) is 29.6 Å². The van der Waals surface area contributed by atoms with Crippen LogP contribution >= 0.6 is 0 Å². The number of aromatic nitrogens is 1. The van der Waals surface area contributed by atoms with Gasteiger partial charge in [-0.3, -0.25) is 9.78 Å². The Morgan fingerprint density at radius 1 is 1.41 bits per heavy atom. The first-order valence-electron chi connectivity index (χ1n) is 5.07. The molecule has 0 aliphatic heterocycles. The minimum Gasteiger partial charge on any atom is -0.461 e. The number of esters is 1. The minimum absolute atomic E-state index is 0.0919. The fourth-order valence-corrected chi connectivity index (χ4v) is 0.984. The molecule has 90 valence electrons. The molecule has 1 N–H and O–H groups in total. The van der Waals surface area contributed by atoms with E-state index in [1.807, 2.05) is 0 Å². The molecule has 6 heteroatoms. The summed E-state index contributed by atoms with van der Waals surface area (Å²) in [5, 5.41) is 3.64. The number of carbonyl (C=O) groups excluding carboxylic acids is 2. The van der Waals surface area contributed by atoms with Gasteiger partial charge < -0.3 is 4.74 Å². The molecular formula is C11H13N3O3. The van der Waals surface area contributed by atoms with E-state index in [1.54, 1.807) is 19.1 Å². The Morgan fingerprint density at radius 3 is 2.65 bits per heavy atom. The molecule has 0 aliphatic carbocycles. The summed E-state index contributed by atoms with van der Waals surface area (Å²) in [7, 11) is 0. The molecule has 0 unspecified atom stereocenters. The van der Waals surface area contributed by atoms with Gasteiger partial charge in [0.1, 0.15) is 5.71 Å². The smallest absolute Gasteiger partial charge is 0.354 e. The lowest BCUT2D eigenvalue weighted by Gasteiger charge is -2.02. The fourth-order valence-electron chi connectivity index (χ4n) is 0.984. The van der Waals surface area contributed by atoms with E-state index < -0.39 is 11.9 Å². The van der Waals surface area contributed by atoms with E-state index in [2.05, 4.69) is 15.5 Å². The second-order valence-corrected chi connectivity index (χ2v) is 3.09. The summed E-state index contributed by atoms with van der Waals surface area (Å²) >= 11 is 0. The zero-order chi connectivity index (χ0) is 12.7. The monoisotopic (exact) mass is 235 g/mol.